The van der Waals surface area contributed by atoms with E-state index in [1.54, 1.807) is 12.4 Å². The van der Waals surface area contributed by atoms with Crippen LogP contribution in [0, 0.1) is 0 Å². The maximum atomic E-state index is 12.6. The highest BCUT2D eigenvalue weighted by Crippen LogP contribution is 2.18. The molecule has 1 amide bonds. The second-order valence-corrected chi connectivity index (χ2v) is 7.06. The number of fused-ring (bicyclic) bond motifs is 1. The highest BCUT2D eigenvalue weighted by molar-refractivity contribution is 5.93. The third-order valence-electron chi connectivity index (χ3n) is 5.36. The Balaban J connectivity index is 1.30. The fourth-order valence-electron chi connectivity index (χ4n) is 3.63. The molecule has 0 radical (unpaired) electrons. The normalized spacial score (nSPS) is 15.1. The number of piperazine rings is 1. The van der Waals surface area contributed by atoms with Crippen LogP contribution in [-0.2, 0) is 6.42 Å². The number of likely N-dealkylation sites (N-methyl/N-ethyl adjacent to an activating group) is 1. The summed E-state index contributed by atoms with van der Waals surface area (Å²) in [6, 6.07) is 8.28. The monoisotopic (exact) mass is 378 g/mol. The van der Waals surface area contributed by atoms with E-state index in [0.29, 0.717) is 11.5 Å². The van der Waals surface area contributed by atoms with Crippen molar-refractivity contribution in [2.24, 2.45) is 0 Å². The maximum absolute atomic E-state index is 12.6. The molecule has 0 unspecified atom stereocenters. The first-order valence-corrected chi connectivity index (χ1v) is 9.87. The summed E-state index contributed by atoms with van der Waals surface area (Å²) in [5.41, 5.74) is 2.96. The lowest BCUT2D eigenvalue weighted by Crippen LogP contribution is -2.48. The van der Waals surface area contributed by atoms with E-state index in [0.717, 1.165) is 51.2 Å². The van der Waals surface area contributed by atoms with Crippen LogP contribution < -0.4 is 5.32 Å². The SMILES string of the molecule is CCN1CCN(C(=O)c2cnc(NCCc3c[nH]c4ccccc34)nc2)CC1. The molecule has 0 spiro atoms. The first kappa shape index (κ1) is 18.4. The van der Waals surface area contributed by atoms with Crippen molar-refractivity contribution in [2.45, 2.75) is 13.3 Å². The van der Waals surface area contributed by atoms with Crippen LogP contribution >= 0.6 is 0 Å². The number of rotatable bonds is 6. The van der Waals surface area contributed by atoms with E-state index in [1.807, 2.05) is 23.2 Å². The van der Waals surface area contributed by atoms with Crippen molar-refractivity contribution >= 4 is 22.8 Å². The second kappa shape index (κ2) is 8.39. The molecule has 2 N–H and O–H groups in total. The lowest BCUT2D eigenvalue weighted by molar-refractivity contribution is 0.0642. The van der Waals surface area contributed by atoms with E-state index < -0.39 is 0 Å². The summed E-state index contributed by atoms with van der Waals surface area (Å²) in [4.78, 5) is 28.8. The molecular formula is C21H26N6O. The number of benzene rings is 1. The number of nitrogens with one attached hydrogen (secondary N) is 2. The minimum absolute atomic E-state index is 0.0149. The van der Waals surface area contributed by atoms with Gasteiger partial charge in [0.05, 0.1) is 5.56 Å². The van der Waals surface area contributed by atoms with Gasteiger partial charge in [-0.3, -0.25) is 4.79 Å². The van der Waals surface area contributed by atoms with Gasteiger partial charge in [-0.25, -0.2) is 9.97 Å². The van der Waals surface area contributed by atoms with Crippen molar-refractivity contribution in [3.05, 3.63) is 54.0 Å². The molecule has 2 aromatic heterocycles. The quantitative estimate of drug-likeness (QED) is 0.689. The van der Waals surface area contributed by atoms with Crippen LogP contribution in [0.5, 0.6) is 0 Å². The lowest BCUT2D eigenvalue weighted by Gasteiger charge is -2.33. The standard InChI is InChI=1S/C21H26N6O/c1-2-26-9-11-27(12-10-26)20(28)17-14-24-21(25-15-17)22-8-7-16-13-23-19-6-4-3-5-18(16)19/h3-6,13-15,23H,2,7-12H2,1H3,(H,22,24,25). The van der Waals surface area contributed by atoms with Crippen molar-refractivity contribution in [3.8, 4) is 0 Å². The number of anilines is 1. The van der Waals surface area contributed by atoms with Gasteiger partial charge in [0.15, 0.2) is 0 Å². The molecular weight excluding hydrogens is 352 g/mol. The molecule has 1 saturated heterocycles. The van der Waals surface area contributed by atoms with Crippen molar-refractivity contribution in [2.75, 3.05) is 44.6 Å². The van der Waals surface area contributed by atoms with Crippen LogP contribution in [0.1, 0.15) is 22.8 Å². The van der Waals surface area contributed by atoms with E-state index in [2.05, 4.69) is 44.2 Å². The predicted molar refractivity (Wildman–Crippen MR) is 111 cm³/mol. The van der Waals surface area contributed by atoms with Gasteiger partial charge in [0.2, 0.25) is 5.95 Å². The maximum Gasteiger partial charge on any atom is 0.257 e. The first-order valence-electron chi connectivity index (χ1n) is 9.87. The van der Waals surface area contributed by atoms with Crippen LogP contribution in [-0.4, -0.2) is 69.9 Å². The Morgan fingerprint density at radius 3 is 2.64 bits per heavy atom. The van der Waals surface area contributed by atoms with E-state index in [4.69, 9.17) is 0 Å². The molecule has 3 heterocycles. The number of H-pyrrole nitrogens is 1. The molecule has 3 aromatic rings. The Labute approximate surface area is 164 Å². The highest BCUT2D eigenvalue weighted by atomic mass is 16.2. The van der Waals surface area contributed by atoms with E-state index >= 15 is 0 Å². The molecule has 0 aliphatic carbocycles. The smallest absolute Gasteiger partial charge is 0.257 e. The average Bonchev–Trinajstić information content (AvgIpc) is 3.17. The summed E-state index contributed by atoms with van der Waals surface area (Å²) < 4.78 is 0. The zero-order chi connectivity index (χ0) is 19.3. The summed E-state index contributed by atoms with van der Waals surface area (Å²) in [6.07, 6.45) is 6.16. The predicted octanol–water partition coefficient (Wildman–Crippen LogP) is 2.39. The number of carbonyl (C=O) groups is 1. The molecule has 7 nitrogen and oxygen atoms in total. The zero-order valence-corrected chi connectivity index (χ0v) is 16.2. The molecule has 1 fully saturated rings. The molecule has 4 rings (SSSR count). The molecule has 1 aromatic carbocycles. The third kappa shape index (κ3) is 3.99. The molecule has 0 bridgehead atoms. The van der Waals surface area contributed by atoms with Crippen LogP contribution in [0.4, 0.5) is 5.95 Å². The van der Waals surface area contributed by atoms with Gasteiger partial charge >= 0.3 is 0 Å². The minimum atomic E-state index is 0.0149. The van der Waals surface area contributed by atoms with Gasteiger partial charge in [-0.05, 0) is 24.6 Å². The number of para-hydroxylation sites is 1. The number of aromatic amines is 1. The Morgan fingerprint density at radius 1 is 1.14 bits per heavy atom. The highest BCUT2D eigenvalue weighted by Gasteiger charge is 2.21. The zero-order valence-electron chi connectivity index (χ0n) is 16.2. The Kier molecular flexibility index (Phi) is 5.53. The topological polar surface area (TPSA) is 77.1 Å². The van der Waals surface area contributed by atoms with Gasteiger partial charge < -0.3 is 20.1 Å². The largest absolute Gasteiger partial charge is 0.361 e. The van der Waals surface area contributed by atoms with Crippen molar-refractivity contribution in [1.29, 1.82) is 0 Å². The second-order valence-electron chi connectivity index (χ2n) is 7.06. The number of hydrogen-bond acceptors (Lipinski definition) is 5. The van der Waals surface area contributed by atoms with Crippen LogP contribution in [0.15, 0.2) is 42.9 Å². The summed E-state index contributed by atoms with van der Waals surface area (Å²) in [6.45, 7) is 7.29. The number of nitrogens with zero attached hydrogens (tertiary/aromatic N) is 4. The van der Waals surface area contributed by atoms with Gasteiger partial charge in [-0.1, -0.05) is 25.1 Å². The van der Waals surface area contributed by atoms with Crippen molar-refractivity contribution < 1.29 is 4.79 Å². The summed E-state index contributed by atoms with van der Waals surface area (Å²) in [7, 11) is 0. The molecule has 1 aliphatic rings. The molecule has 0 atom stereocenters. The summed E-state index contributed by atoms with van der Waals surface area (Å²) in [5.74, 6) is 0.563. The molecule has 7 heteroatoms. The third-order valence-corrected chi connectivity index (χ3v) is 5.36. The number of carbonyl (C=O) groups excluding carboxylic acids is 1. The molecule has 1 aliphatic heterocycles. The van der Waals surface area contributed by atoms with Gasteiger partial charge in [0, 0.05) is 62.2 Å². The van der Waals surface area contributed by atoms with E-state index in [9.17, 15) is 4.79 Å². The summed E-state index contributed by atoms with van der Waals surface area (Å²) in [5, 5.41) is 4.48. The first-order chi connectivity index (χ1) is 13.7. The molecule has 28 heavy (non-hydrogen) atoms. The van der Waals surface area contributed by atoms with Crippen LogP contribution in [0.25, 0.3) is 10.9 Å². The van der Waals surface area contributed by atoms with E-state index in [1.165, 1.54) is 10.9 Å². The van der Waals surface area contributed by atoms with E-state index in [-0.39, 0.29) is 5.91 Å². The number of hydrogen-bond donors (Lipinski definition) is 2. The molecule has 146 valence electrons. The van der Waals surface area contributed by atoms with Gasteiger partial charge in [0.1, 0.15) is 0 Å². The van der Waals surface area contributed by atoms with Crippen LogP contribution in [0.3, 0.4) is 0 Å². The molecule has 0 saturated carbocycles. The fraction of sp³-hybridized carbons (Fsp3) is 0.381. The summed E-state index contributed by atoms with van der Waals surface area (Å²) >= 11 is 0. The Bertz CT molecular complexity index is 927. The lowest BCUT2D eigenvalue weighted by atomic mass is 10.1. The van der Waals surface area contributed by atoms with Gasteiger partial charge in [-0.15, -0.1) is 0 Å². The van der Waals surface area contributed by atoms with Crippen molar-refractivity contribution in [1.82, 2.24) is 24.8 Å². The fourth-order valence-corrected chi connectivity index (χ4v) is 3.63. The van der Waals surface area contributed by atoms with Gasteiger partial charge in [0.25, 0.3) is 5.91 Å². The Morgan fingerprint density at radius 2 is 1.89 bits per heavy atom. The number of amides is 1. The average molecular weight is 378 g/mol. The Hall–Kier alpha value is -2.93. The van der Waals surface area contributed by atoms with Gasteiger partial charge in [-0.2, -0.15) is 0 Å². The van der Waals surface area contributed by atoms with Crippen molar-refractivity contribution in [3.63, 3.8) is 0 Å². The van der Waals surface area contributed by atoms with Crippen LogP contribution in [0.2, 0.25) is 0 Å². The minimum Gasteiger partial charge on any atom is -0.361 e. The number of aromatic nitrogens is 3.